The number of nitrogens with two attached hydrogens (primary N) is 1. The minimum absolute atomic E-state index is 0.0513. The van der Waals surface area contributed by atoms with Crippen molar-refractivity contribution in [3.63, 3.8) is 0 Å². The topological polar surface area (TPSA) is 261 Å². The van der Waals surface area contributed by atoms with Gasteiger partial charge in [0, 0.05) is 13.1 Å². The van der Waals surface area contributed by atoms with Crippen LogP contribution >= 0.6 is 0 Å². The molecule has 2 saturated heterocycles. The van der Waals surface area contributed by atoms with Gasteiger partial charge in [0.2, 0.25) is 17.7 Å². The Kier molecular flexibility index (Phi) is 16.3. The molecule has 4 rings (SSSR count). The van der Waals surface area contributed by atoms with Gasteiger partial charge in [-0.25, -0.2) is 19.6 Å². The molecule has 2 aromatic carbocycles. The second kappa shape index (κ2) is 21.3. The Morgan fingerprint density at radius 3 is 2.30 bits per heavy atom. The third kappa shape index (κ3) is 12.9. The number of nitrogens with zero attached hydrogens (tertiary/aromatic N) is 4. The Labute approximate surface area is 325 Å². The van der Waals surface area contributed by atoms with Crippen molar-refractivity contribution in [1.29, 1.82) is 5.41 Å². The number of esters is 1. The molecule has 1 radical (unpaired) electrons. The molecular formula is C38H51N10O8. The highest BCUT2D eigenvalue weighted by Crippen LogP contribution is 2.24. The number of carbonyl (C=O) groups is 6. The Morgan fingerprint density at radius 1 is 0.982 bits per heavy atom. The predicted octanol–water partition coefficient (Wildman–Crippen LogP) is 2.55. The highest BCUT2D eigenvalue weighted by Gasteiger charge is 2.44. The van der Waals surface area contributed by atoms with E-state index in [0.29, 0.717) is 47.6 Å². The van der Waals surface area contributed by atoms with E-state index in [1.54, 1.807) is 36.4 Å². The molecule has 0 bridgehead atoms. The minimum atomic E-state index is -1.96. The second-order valence-electron chi connectivity index (χ2n) is 14.1. The maximum Gasteiger partial charge on any atom is 0.460 e. The monoisotopic (exact) mass is 775 g/mol. The molecular weight excluding hydrogens is 724 g/mol. The molecule has 0 spiro atoms. The van der Waals surface area contributed by atoms with Gasteiger partial charge in [0.15, 0.2) is 5.96 Å². The number of benzene rings is 2. The summed E-state index contributed by atoms with van der Waals surface area (Å²) in [6.45, 7) is 3.94. The van der Waals surface area contributed by atoms with Crippen molar-refractivity contribution < 1.29 is 38.6 Å². The van der Waals surface area contributed by atoms with Crippen LogP contribution in [0, 0.1) is 11.3 Å². The van der Waals surface area contributed by atoms with Gasteiger partial charge < -0.3 is 36.6 Å². The standard InChI is InChI=1S/C38H51N10O8/c1-24(2)21-29(44-34(51)28-11-6-18-41-28)33(50)43-22-32(49)47-20-8-13-30(47)35(52)48(38(54)55)31(12-7-19-42-37(39)40)36(53)56-23-25-14-16-27(17-15-25)46-45-26-9-4-3-5-10-26/h3-5,9-10,14-17,24,28-31,41H,6-8,11-13,18-23H2,1-2H3,(H,43,50)(H,44,51)(H4,39,40,42)/t28-,29-,30-,31+/m0/s1. The number of imide groups is 1. The lowest BCUT2D eigenvalue weighted by Gasteiger charge is -2.31. The van der Waals surface area contributed by atoms with Crippen molar-refractivity contribution in [2.75, 3.05) is 26.2 Å². The fourth-order valence-electron chi connectivity index (χ4n) is 6.51. The molecule has 0 aliphatic carbocycles. The van der Waals surface area contributed by atoms with Gasteiger partial charge in [-0.15, -0.1) is 0 Å². The number of rotatable bonds is 18. The van der Waals surface area contributed by atoms with E-state index < -0.39 is 60.5 Å². The molecule has 5 amide bonds. The summed E-state index contributed by atoms with van der Waals surface area (Å²) in [7, 11) is 0. The summed E-state index contributed by atoms with van der Waals surface area (Å²) >= 11 is 0. The van der Waals surface area contributed by atoms with Crippen LogP contribution in [-0.4, -0.2) is 102 Å². The van der Waals surface area contributed by atoms with Crippen molar-refractivity contribution in [1.82, 2.24) is 31.1 Å². The quantitative estimate of drug-likeness (QED) is 0.0424. The van der Waals surface area contributed by atoms with Crippen molar-refractivity contribution in [3.05, 3.63) is 60.2 Å². The van der Waals surface area contributed by atoms with E-state index in [1.165, 1.54) is 4.90 Å². The first-order valence-electron chi connectivity index (χ1n) is 18.8. The zero-order chi connectivity index (χ0) is 40.6. The first-order valence-corrected chi connectivity index (χ1v) is 18.8. The van der Waals surface area contributed by atoms with E-state index in [9.17, 15) is 33.9 Å². The molecule has 301 valence electrons. The molecule has 2 fully saturated rings. The molecule has 18 heteroatoms. The molecule has 7 N–H and O–H groups in total. The average molecular weight is 776 g/mol. The molecule has 0 unspecified atom stereocenters. The van der Waals surface area contributed by atoms with Crippen LogP contribution in [0.15, 0.2) is 64.8 Å². The normalized spacial score (nSPS) is 17.6. The van der Waals surface area contributed by atoms with Gasteiger partial charge in [-0.1, -0.05) is 44.2 Å². The lowest BCUT2D eigenvalue weighted by atomic mass is 10.0. The van der Waals surface area contributed by atoms with Crippen molar-refractivity contribution in [2.45, 2.75) is 89.6 Å². The van der Waals surface area contributed by atoms with Gasteiger partial charge in [0.05, 0.1) is 24.0 Å². The summed E-state index contributed by atoms with van der Waals surface area (Å²) < 4.78 is 5.50. The SMILES string of the molecule is CC(C)C[C@H](NC(=O)[C@@H]1CCCN1)C(=O)NCC(=O)N1CCC[C@H]1C(=O)N(C([O])=O)[C@H](CCCNC(=N)N)C(=O)OCc1ccc(N=Nc2ccccc2)cc1. The first-order chi connectivity index (χ1) is 26.8. The molecule has 18 nitrogen and oxygen atoms in total. The predicted molar refractivity (Wildman–Crippen MR) is 203 cm³/mol. The Bertz CT molecular complexity index is 1720. The molecule has 2 aliphatic heterocycles. The van der Waals surface area contributed by atoms with Crippen LogP contribution in [0.4, 0.5) is 16.2 Å². The summed E-state index contributed by atoms with van der Waals surface area (Å²) in [5, 5.41) is 39.3. The first kappa shape index (κ1) is 42.8. The average Bonchev–Trinajstić information content (AvgIpc) is 3.90. The van der Waals surface area contributed by atoms with Gasteiger partial charge >= 0.3 is 12.1 Å². The zero-order valence-corrected chi connectivity index (χ0v) is 31.7. The number of nitrogens with one attached hydrogen (secondary N) is 5. The molecule has 4 atom stereocenters. The number of hydrogen-bond donors (Lipinski definition) is 6. The Hall–Kier alpha value is -5.91. The van der Waals surface area contributed by atoms with Gasteiger partial charge in [-0.2, -0.15) is 10.2 Å². The van der Waals surface area contributed by atoms with Gasteiger partial charge in [0.25, 0.3) is 5.91 Å². The van der Waals surface area contributed by atoms with E-state index >= 15 is 0 Å². The minimum Gasteiger partial charge on any atom is -0.459 e. The molecule has 0 aromatic heterocycles. The smallest absolute Gasteiger partial charge is 0.459 e. The van der Waals surface area contributed by atoms with Gasteiger partial charge in [0.1, 0.15) is 24.7 Å². The van der Waals surface area contributed by atoms with Crippen LogP contribution in [-0.2, 0) is 40.4 Å². The maximum absolute atomic E-state index is 14.0. The van der Waals surface area contributed by atoms with E-state index in [2.05, 4.69) is 31.5 Å². The van der Waals surface area contributed by atoms with Gasteiger partial charge in [-0.3, -0.25) is 24.6 Å². The fraction of sp³-hybridized carbons (Fsp3) is 0.500. The summed E-state index contributed by atoms with van der Waals surface area (Å²) in [5.41, 5.74) is 7.14. The Morgan fingerprint density at radius 2 is 1.68 bits per heavy atom. The molecule has 2 aliphatic rings. The van der Waals surface area contributed by atoms with Crippen LogP contribution < -0.4 is 27.0 Å². The second-order valence-corrected chi connectivity index (χ2v) is 14.1. The number of azo groups is 1. The lowest BCUT2D eigenvalue weighted by Crippen LogP contribution is -2.57. The Balaban J connectivity index is 1.42. The highest BCUT2D eigenvalue weighted by atomic mass is 16.5. The molecule has 0 saturated carbocycles. The lowest BCUT2D eigenvalue weighted by molar-refractivity contribution is -0.157. The van der Waals surface area contributed by atoms with E-state index in [1.807, 2.05) is 32.0 Å². The fourth-order valence-corrected chi connectivity index (χ4v) is 6.51. The number of hydrogen-bond acceptors (Lipinski definition) is 11. The van der Waals surface area contributed by atoms with Crippen molar-refractivity contribution in [2.24, 2.45) is 21.9 Å². The molecule has 2 aromatic rings. The van der Waals surface area contributed by atoms with Gasteiger partial charge in [-0.05, 0) is 87.2 Å². The van der Waals surface area contributed by atoms with Crippen LogP contribution in [0.25, 0.3) is 0 Å². The summed E-state index contributed by atoms with van der Waals surface area (Å²) in [5.74, 6) is -3.86. The third-order valence-corrected chi connectivity index (χ3v) is 9.33. The number of amides is 5. The third-order valence-electron chi connectivity index (χ3n) is 9.33. The maximum atomic E-state index is 14.0. The van der Waals surface area contributed by atoms with Crippen LogP contribution in [0.1, 0.15) is 64.4 Å². The van der Waals surface area contributed by atoms with Crippen LogP contribution in [0.2, 0.25) is 0 Å². The summed E-state index contributed by atoms with van der Waals surface area (Å²) in [4.78, 5) is 80.9. The van der Waals surface area contributed by atoms with E-state index in [-0.39, 0.29) is 56.7 Å². The molecule has 2 heterocycles. The van der Waals surface area contributed by atoms with E-state index in [0.717, 1.165) is 6.42 Å². The van der Waals surface area contributed by atoms with Crippen LogP contribution in [0.5, 0.6) is 0 Å². The summed E-state index contributed by atoms with van der Waals surface area (Å²) in [6, 6.07) is 11.6. The van der Waals surface area contributed by atoms with E-state index in [4.69, 9.17) is 15.9 Å². The highest BCUT2D eigenvalue weighted by molar-refractivity contribution is 6.00. The van der Waals surface area contributed by atoms with Crippen LogP contribution in [0.3, 0.4) is 0 Å². The number of ether oxygens (including phenoxy) is 1. The zero-order valence-electron chi connectivity index (χ0n) is 31.7. The molecule has 56 heavy (non-hydrogen) atoms. The van der Waals surface area contributed by atoms with Crippen molar-refractivity contribution >= 4 is 53.0 Å². The number of guanidine groups is 1. The number of likely N-dealkylation sites (tertiary alicyclic amines) is 1. The number of carbonyl (C=O) groups excluding carboxylic acids is 6. The van der Waals surface area contributed by atoms with Crippen molar-refractivity contribution in [3.8, 4) is 0 Å². The largest absolute Gasteiger partial charge is 0.460 e. The summed E-state index contributed by atoms with van der Waals surface area (Å²) in [6.07, 6.45) is 0.238.